The summed E-state index contributed by atoms with van der Waals surface area (Å²) in [4.78, 5) is 12.7. The summed E-state index contributed by atoms with van der Waals surface area (Å²) in [6.07, 6.45) is 60.7. The van der Waals surface area contributed by atoms with Crippen LogP contribution in [-0.2, 0) is 4.79 Å². The van der Waals surface area contributed by atoms with Gasteiger partial charge in [-0.25, -0.2) is 0 Å². The highest BCUT2D eigenvalue weighted by Gasteiger charge is 2.28. The summed E-state index contributed by atoms with van der Waals surface area (Å²) in [6.45, 7) is 8.93. The van der Waals surface area contributed by atoms with Crippen LogP contribution in [0, 0.1) is 0 Å². The van der Waals surface area contributed by atoms with Gasteiger partial charge in [0, 0.05) is 24.2 Å². The number of unbranched alkanes of at least 4 members (excludes halogenated alkanes) is 30. The monoisotopic (exact) mass is 739 g/mol. The molecule has 0 aliphatic heterocycles. The van der Waals surface area contributed by atoms with Gasteiger partial charge in [0.25, 0.3) is 0 Å². The maximum absolute atomic E-state index is 12.7. The Hall–Kier alpha value is -1.51. The zero-order valence-electron chi connectivity index (χ0n) is 36.2. The molecule has 0 aromatic heterocycles. The van der Waals surface area contributed by atoms with E-state index >= 15 is 0 Å². The Bertz CT molecular complexity index is 778. The Morgan fingerprint density at radius 3 is 1.11 bits per heavy atom. The van der Waals surface area contributed by atoms with Gasteiger partial charge in [-0.05, 0) is 89.9 Å². The van der Waals surface area contributed by atoms with Crippen LogP contribution in [0.3, 0.4) is 0 Å². The molecule has 0 unspecified atom stereocenters. The number of nitrogens with one attached hydrogen (secondary N) is 2. The van der Waals surface area contributed by atoms with E-state index in [-0.39, 0.29) is 11.9 Å². The Morgan fingerprint density at radius 1 is 0.434 bits per heavy atom. The molecule has 1 aliphatic rings. The molecule has 0 heterocycles. The third-order valence-corrected chi connectivity index (χ3v) is 11.7. The van der Waals surface area contributed by atoms with E-state index < -0.39 is 0 Å². The zero-order valence-corrected chi connectivity index (χ0v) is 36.2. The molecule has 1 rings (SSSR count). The van der Waals surface area contributed by atoms with Crippen molar-refractivity contribution in [2.75, 3.05) is 0 Å². The molecule has 3 nitrogen and oxygen atoms in total. The van der Waals surface area contributed by atoms with E-state index in [9.17, 15) is 4.79 Å². The number of carbonyl (C=O) groups excluding carboxylic acids is 1. The van der Waals surface area contributed by atoms with E-state index in [0.29, 0.717) is 12.5 Å². The number of carbonyl (C=O) groups is 1. The second-order valence-electron chi connectivity index (χ2n) is 17.0. The topological polar surface area (TPSA) is 41.1 Å². The molecular weight excluding hydrogens is 645 g/mol. The molecule has 3 heteroatoms. The van der Waals surface area contributed by atoms with Crippen molar-refractivity contribution in [1.29, 1.82) is 0 Å². The minimum atomic E-state index is 0.256. The van der Waals surface area contributed by atoms with Gasteiger partial charge in [-0.1, -0.05) is 199 Å². The Labute approximate surface area is 333 Å². The first-order valence-electron chi connectivity index (χ1n) is 24.2. The molecule has 2 N–H and O–H groups in total. The summed E-state index contributed by atoms with van der Waals surface area (Å²) in [6, 6.07) is 0.638. The van der Waals surface area contributed by atoms with Crippen LogP contribution < -0.4 is 10.6 Å². The summed E-state index contributed by atoms with van der Waals surface area (Å²) >= 11 is 0. The SMILES string of the molecule is C=C(CCCCCCCCCCC/C=C\CCCCCCCC)N[C@@H]1CCC[C@@H]1NC(=O)CCCCCCCCCCC/C=C\CCCCCCCC. The predicted octanol–water partition coefficient (Wildman–Crippen LogP) is 16.3. The smallest absolute Gasteiger partial charge is 0.220 e. The summed E-state index contributed by atoms with van der Waals surface area (Å²) in [5, 5.41) is 7.08. The van der Waals surface area contributed by atoms with Crippen molar-refractivity contribution >= 4 is 5.91 Å². The van der Waals surface area contributed by atoms with Crippen LogP contribution in [0.15, 0.2) is 36.6 Å². The van der Waals surface area contributed by atoms with Gasteiger partial charge in [0.15, 0.2) is 0 Å². The normalized spacial score (nSPS) is 16.0. The van der Waals surface area contributed by atoms with Gasteiger partial charge in [-0.15, -0.1) is 0 Å². The quantitative estimate of drug-likeness (QED) is 0.0484. The van der Waals surface area contributed by atoms with Crippen molar-refractivity contribution in [1.82, 2.24) is 10.6 Å². The lowest BCUT2D eigenvalue weighted by Gasteiger charge is -2.24. The molecular formula is C50H94N2O. The van der Waals surface area contributed by atoms with Crippen LogP contribution >= 0.6 is 0 Å². The lowest BCUT2D eigenvalue weighted by atomic mass is 10.0. The Kier molecular flexibility index (Phi) is 37.5. The van der Waals surface area contributed by atoms with Crippen LogP contribution in [0.4, 0.5) is 0 Å². The van der Waals surface area contributed by atoms with Gasteiger partial charge in [0.05, 0.1) is 0 Å². The number of hydrogen-bond acceptors (Lipinski definition) is 2. The van der Waals surface area contributed by atoms with E-state index in [4.69, 9.17) is 0 Å². The van der Waals surface area contributed by atoms with E-state index in [0.717, 1.165) is 25.7 Å². The second-order valence-corrected chi connectivity index (χ2v) is 17.0. The van der Waals surface area contributed by atoms with Gasteiger partial charge in [-0.2, -0.15) is 0 Å². The average Bonchev–Trinajstić information content (AvgIpc) is 3.58. The fourth-order valence-electron chi connectivity index (χ4n) is 8.10. The van der Waals surface area contributed by atoms with E-state index in [1.165, 1.54) is 224 Å². The van der Waals surface area contributed by atoms with Gasteiger partial charge >= 0.3 is 0 Å². The average molecular weight is 739 g/mol. The molecule has 0 aromatic carbocycles. The summed E-state index contributed by atoms with van der Waals surface area (Å²) in [7, 11) is 0. The molecule has 53 heavy (non-hydrogen) atoms. The fourth-order valence-corrected chi connectivity index (χ4v) is 8.10. The molecule has 2 atom stereocenters. The largest absolute Gasteiger partial charge is 0.384 e. The van der Waals surface area contributed by atoms with Gasteiger partial charge in [0.1, 0.15) is 0 Å². The van der Waals surface area contributed by atoms with Crippen molar-refractivity contribution in [3.63, 3.8) is 0 Å². The molecule has 1 saturated carbocycles. The van der Waals surface area contributed by atoms with Crippen molar-refractivity contribution < 1.29 is 4.79 Å². The molecule has 0 aromatic rings. The molecule has 0 saturated heterocycles. The minimum absolute atomic E-state index is 0.256. The van der Waals surface area contributed by atoms with Crippen LogP contribution in [0.1, 0.15) is 264 Å². The zero-order chi connectivity index (χ0) is 38.1. The number of rotatable bonds is 41. The van der Waals surface area contributed by atoms with Gasteiger partial charge < -0.3 is 10.6 Å². The first kappa shape index (κ1) is 49.5. The third-order valence-electron chi connectivity index (χ3n) is 11.7. The predicted molar refractivity (Wildman–Crippen MR) is 238 cm³/mol. The molecule has 0 radical (unpaired) electrons. The number of hydrogen-bond donors (Lipinski definition) is 2. The van der Waals surface area contributed by atoms with Crippen LogP contribution in [0.25, 0.3) is 0 Å². The summed E-state index contributed by atoms with van der Waals surface area (Å²) in [5.41, 5.74) is 1.17. The van der Waals surface area contributed by atoms with Crippen LogP contribution in [-0.4, -0.2) is 18.0 Å². The van der Waals surface area contributed by atoms with Crippen molar-refractivity contribution in [3.8, 4) is 0 Å². The minimum Gasteiger partial charge on any atom is -0.384 e. The molecule has 0 bridgehead atoms. The maximum atomic E-state index is 12.7. The number of allylic oxidation sites excluding steroid dienone is 5. The maximum Gasteiger partial charge on any atom is 0.220 e. The molecule has 1 amide bonds. The highest BCUT2D eigenvalue weighted by molar-refractivity contribution is 5.76. The first-order valence-corrected chi connectivity index (χ1v) is 24.2. The molecule has 1 fully saturated rings. The molecule has 310 valence electrons. The van der Waals surface area contributed by atoms with Crippen LogP contribution in [0.2, 0.25) is 0 Å². The fraction of sp³-hybridized carbons (Fsp3) is 0.860. The summed E-state index contributed by atoms with van der Waals surface area (Å²) in [5.74, 6) is 0.256. The van der Waals surface area contributed by atoms with Gasteiger partial charge in [0.2, 0.25) is 5.91 Å². The van der Waals surface area contributed by atoms with Gasteiger partial charge in [-0.3, -0.25) is 4.79 Å². The highest BCUT2D eigenvalue weighted by atomic mass is 16.1. The van der Waals surface area contributed by atoms with E-state index in [2.05, 4.69) is 55.4 Å². The van der Waals surface area contributed by atoms with Crippen LogP contribution in [0.5, 0.6) is 0 Å². The third kappa shape index (κ3) is 34.7. The first-order chi connectivity index (χ1) is 26.2. The Morgan fingerprint density at radius 2 is 0.736 bits per heavy atom. The second kappa shape index (κ2) is 40.2. The summed E-state index contributed by atoms with van der Waals surface area (Å²) < 4.78 is 0. The Balaban J connectivity index is 1.88. The van der Waals surface area contributed by atoms with Crippen molar-refractivity contribution in [3.05, 3.63) is 36.6 Å². The lowest BCUT2D eigenvalue weighted by Crippen LogP contribution is -2.46. The van der Waals surface area contributed by atoms with Crippen molar-refractivity contribution in [2.24, 2.45) is 0 Å². The molecule has 0 spiro atoms. The highest BCUT2D eigenvalue weighted by Crippen LogP contribution is 2.22. The lowest BCUT2D eigenvalue weighted by molar-refractivity contribution is -0.122. The van der Waals surface area contributed by atoms with E-state index in [1.54, 1.807) is 0 Å². The van der Waals surface area contributed by atoms with E-state index in [1.807, 2.05) is 0 Å². The van der Waals surface area contributed by atoms with Crippen molar-refractivity contribution in [2.45, 2.75) is 276 Å². The molecule has 1 aliphatic carbocycles. The number of amides is 1. The standard InChI is InChI=1S/C50H94N2O/c1-4-6-8-10-12-14-16-18-20-22-24-26-28-30-32-34-36-38-40-43-47(3)51-48-44-42-45-49(48)52-50(53)46-41-39-37-35-33-31-29-27-25-23-21-19-17-15-13-11-9-7-5-2/h18-21,48-49,51H,3-17,22-46H2,1-2H3,(H,52,53)/b20-18-,21-19-/t48-,49+/m1/s1.